The van der Waals surface area contributed by atoms with Crippen molar-refractivity contribution in [2.24, 2.45) is 9.98 Å². The standard InChI is InChI=1S/2C14H13NO3.C10H8N2.2CH3O.2O.2V/c2*1-18-13-8-4-5-10(14(13)17)9-15-11-6-2-3-7-12(11)16;1-5-11-6-2-9(1)10-3-7-12-8-4-10;2*1-2;;;;/h2*2-9,16-17H,1H3;1-8H;2*1H3;;;;/q;;;2*-1;2*-2;;/p-4. The Bertz CT molecular complexity index is 1830. The summed E-state index contributed by atoms with van der Waals surface area (Å²) in [4.78, 5) is 15.9. The van der Waals surface area contributed by atoms with Gasteiger partial charge >= 0.3 is 0 Å². The van der Waals surface area contributed by atoms with E-state index in [0.717, 1.165) is 14.2 Å². The monoisotopic (exact) mass is 834 g/mol. The molecule has 0 aliphatic rings. The minimum absolute atomic E-state index is 0. The van der Waals surface area contributed by atoms with Crippen molar-refractivity contribution in [2.75, 3.05) is 28.4 Å². The van der Waals surface area contributed by atoms with E-state index in [1.54, 1.807) is 97.6 Å². The first-order valence-corrected chi connectivity index (χ1v) is 15.3. The molecule has 0 aliphatic carbocycles. The van der Waals surface area contributed by atoms with Crippen LogP contribution in [-0.4, -0.2) is 50.8 Å². The topological polar surface area (TPSA) is 264 Å². The number of hydrogen-bond donors (Lipinski definition) is 0. The van der Waals surface area contributed by atoms with E-state index >= 15 is 0 Å². The smallest absolute Gasteiger partial charge is 0.111 e. The summed E-state index contributed by atoms with van der Waals surface area (Å²) in [6.07, 6.45) is 9.90. The third-order valence-electron chi connectivity index (χ3n) is 6.57. The zero-order valence-corrected chi connectivity index (χ0v) is 33.4. The fourth-order valence-electron chi connectivity index (χ4n) is 4.08. The van der Waals surface area contributed by atoms with E-state index in [0.29, 0.717) is 22.5 Å². The van der Waals surface area contributed by atoms with Crippen LogP contribution >= 0.6 is 0 Å². The number of ether oxygens (including phenoxy) is 2. The number of pyridine rings is 2. The molecule has 296 valence electrons. The number of aromatic nitrogens is 2. The first kappa shape index (κ1) is 54.7. The van der Waals surface area contributed by atoms with Crippen molar-refractivity contribution >= 4 is 23.8 Å². The molecule has 2 radical (unpaired) electrons. The van der Waals surface area contributed by atoms with Gasteiger partial charge in [-0.3, -0.25) is 20.0 Å². The van der Waals surface area contributed by atoms with Gasteiger partial charge in [-0.05, 0) is 70.8 Å². The maximum Gasteiger partial charge on any atom is 0.111 e. The molecule has 2 heterocycles. The summed E-state index contributed by atoms with van der Waals surface area (Å²) in [5.41, 5.74) is 3.73. The second kappa shape index (κ2) is 31.7. The summed E-state index contributed by atoms with van der Waals surface area (Å²) in [5.74, 6) is -0.323. The summed E-state index contributed by atoms with van der Waals surface area (Å²) in [6.45, 7) is 0. The molecular formula is C40H36N4O10V2-10. The van der Waals surface area contributed by atoms with Crippen LogP contribution in [0.3, 0.4) is 0 Å². The second-order valence-electron chi connectivity index (χ2n) is 9.68. The Labute approximate surface area is 349 Å². The van der Waals surface area contributed by atoms with Gasteiger partial charge in [-0.1, -0.05) is 83.7 Å². The van der Waals surface area contributed by atoms with E-state index < -0.39 is 0 Å². The van der Waals surface area contributed by atoms with Crippen LogP contribution in [-0.2, 0) is 48.1 Å². The van der Waals surface area contributed by atoms with E-state index in [1.807, 2.05) is 24.3 Å². The molecule has 2 aromatic heterocycles. The Morgan fingerprint density at radius 3 is 1.09 bits per heavy atom. The molecule has 14 nitrogen and oxygen atoms in total. The van der Waals surface area contributed by atoms with Crippen LogP contribution in [0, 0.1) is 0 Å². The van der Waals surface area contributed by atoms with E-state index in [4.69, 9.17) is 19.7 Å². The minimum Gasteiger partial charge on any atom is -2.00 e. The Morgan fingerprint density at radius 2 is 0.786 bits per heavy atom. The molecule has 0 bridgehead atoms. The zero-order valence-electron chi connectivity index (χ0n) is 30.6. The summed E-state index contributed by atoms with van der Waals surface area (Å²) >= 11 is 0. The Morgan fingerprint density at radius 1 is 0.464 bits per heavy atom. The van der Waals surface area contributed by atoms with Crippen molar-refractivity contribution in [1.82, 2.24) is 9.97 Å². The fourth-order valence-corrected chi connectivity index (χ4v) is 4.08. The number of hydrogen-bond acceptors (Lipinski definition) is 12. The van der Waals surface area contributed by atoms with Gasteiger partial charge in [0, 0.05) is 74.3 Å². The van der Waals surface area contributed by atoms with Gasteiger partial charge in [-0.2, -0.15) is 14.2 Å². The van der Waals surface area contributed by atoms with Gasteiger partial charge in [0.1, 0.15) is 11.5 Å². The molecule has 0 amide bonds. The average molecular weight is 835 g/mol. The normalized spacial score (nSPS) is 9.18. The third-order valence-corrected chi connectivity index (χ3v) is 6.57. The molecule has 0 unspecified atom stereocenters. The maximum absolute atomic E-state index is 11.8. The molecule has 56 heavy (non-hydrogen) atoms. The zero-order chi connectivity index (χ0) is 38.1. The average Bonchev–Trinajstić information content (AvgIpc) is 3.21. The van der Waals surface area contributed by atoms with Gasteiger partial charge < -0.3 is 51.1 Å². The molecule has 6 aromatic rings. The van der Waals surface area contributed by atoms with E-state index in [-0.39, 0.29) is 82.6 Å². The first-order valence-electron chi connectivity index (χ1n) is 15.3. The first-order chi connectivity index (χ1) is 25.4. The van der Waals surface area contributed by atoms with Crippen molar-refractivity contribution < 1.29 is 88.2 Å². The molecule has 0 fully saturated rings. The van der Waals surface area contributed by atoms with Gasteiger partial charge in [0.2, 0.25) is 0 Å². The van der Waals surface area contributed by atoms with Crippen LogP contribution in [0.15, 0.2) is 144 Å². The number of aliphatic imine (C=N–C) groups is 2. The second-order valence-corrected chi connectivity index (χ2v) is 9.68. The van der Waals surface area contributed by atoms with Crippen molar-refractivity contribution in [3.63, 3.8) is 0 Å². The molecule has 0 spiro atoms. The Balaban J connectivity index is -0.000000706. The van der Waals surface area contributed by atoms with E-state index in [1.165, 1.54) is 49.9 Å². The van der Waals surface area contributed by atoms with Crippen LogP contribution in [0.2, 0.25) is 0 Å². The summed E-state index contributed by atoms with van der Waals surface area (Å²) < 4.78 is 9.85. The molecule has 0 atom stereocenters. The molecule has 0 saturated carbocycles. The molecule has 6 rings (SSSR count). The maximum atomic E-state index is 11.8. The Kier molecular flexibility index (Phi) is 30.9. The van der Waals surface area contributed by atoms with Crippen LogP contribution in [0.1, 0.15) is 11.1 Å². The molecular weight excluding hydrogens is 798 g/mol. The van der Waals surface area contributed by atoms with Gasteiger partial charge in [0.05, 0.1) is 25.6 Å². The van der Waals surface area contributed by atoms with Crippen LogP contribution in [0.5, 0.6) is 34.5 Å². The number of nitrogens with zero attached hydrogens (tertiary/aromatic N) is 4. The molecule has 4 aromatic carbocycles. The van der Waals surface area contributed by atoms with E-state index in [2.05, 4.69) is 20.0 Å². The van der Waals surface area contributed by atoms with Crippen molar-refractivity contribution in [2.45, 2.75) is 0 Å². The van der Waals surface area contributed by atoms with E-state index in [9.17, 15) is 20.4 Å². The minimum atomic E-state index is -0.243. The Hall–Kier alpha value is -5.67. The molecule has 0 aliphatic heterocycles. The predicted octanol–water partition coefficient (Wildman–Crippen LogP) is 3.04. The predicted molar refractivity (Wildman–Crippen MR) is 192 cm³/mol. The molecule has 0 N–H and O–H groups in total. The van der Waals surface area contributed by atoms with Gasteiger partial charge in [0.15, 0.2) is 0 Å². The number of rotatable bonds is 7. The summed E-state index contributed by atoms with van der Waals surface area (Å²) in [7, 11) is 4.37. The van der Waals surface area contributed by atoms with Crippen LogP contribution < -0.4 is 40.1 Å². The third kappa shape index (κ3) is 17.6. The summed E-state index contributed by atoms with van der Waals surface area (Å²) in [6, 6.07) is 30.5. The van der Waals surface area contributed by atoms with Crippen LogP contribution in [0.4, 0.5) is 11.4 Å². The largest absolute Gasteiger partial charge is 2.00 e. The number of benzene rings is 4. The van der Waals surface area contributed by atoms with Gasteiger partial charge in [-0.25, -0.2) is 0 Å². The van der Waals surface area contributed by atoms with Crippen molar-refractivity contribution in [3.05, 3.63) is 145 Å². The van der Waals surface area contributed by atoms with Gasteiger partial charge in [0.25, 0.3) is 0 Å². The number of para-hydroxylation sites is 6. The molecule has 16 heteroatoms. The SMILES string of the molecule is COc1cccc(C=Nc2ccccc2[O-])c1[O-].COc1cccc(C=Nc2ccccc2[O-])c1[O-].C[O-].C[O-].[O-2].[O-2].[V].[V].c1cc(-c2ccncc2)ccn1. The quantitative estimate of drug-likeness (QED) is 0.212. The number of methoxy groups -OCH3 is 2. The van der Waals surface area contributed by atoms with Gasteiger partial charge in [-0.15, -0.1) is 0 Å². The fraction of sp³-hybridized carbons (Fsp3) is 0.100. The molecule has 0 saturated heterocycles. The van der Waals surface area contributed by atoms with Crippen molar-refractivity contribution in [3.8, 4) is 45.6 Å². The summed E-state index contributed by atoms with van der Waals surface area (Å²) in [5, 5.41) is 63.0. The van der Waals surface area contributed by atoms with Crippen molar-refractivity contribution in [1.29, 1.82) is 0 Å². The van der Waals surface area contributed by atoms with Crippen LogP contribution in [0.25, 0.3) is 11.1 Å².